The SMILES string of the molecule is COc1cccc([C@@H]2[C@H](NCc3cc(C(F)(F)F)ccc3OC)[C@@H](C(C)(C)C)[C@H](C(=O)O)N2C(=O)C2CCCCC2)n1. The minimum Gasteiger partial charge on any atom is -0.496 e. The van der Waals surface area contributed by atoms with Crippen LogP contribution in [-0.2, 0) is 22.3 Å². The average molecular weight is 592 g/mol. The minimum absolute atomic E-state index is 0.0530. The number of amides is 1. The van der Waals surface area contributed by atoms with Gasteiger partial charge in [-0.15, -0.1) is 0 Å². The summed E-state index contributed by atoms with van der Waals surface area (Å²) in [6, 6.07) is 5.74. The van der Waals surface area contributed by atoms with E-state index in [4.69, 9.17) is 9.47 Å². The third kappa shape index (κ3) is 6.50. The van der Waals surface area contributed by atoms with Crippen molar-refractivity contribution in [1.82, 2.24) is 15.2 Å². The number of likely N-dealkylation sites (tertiary alicyclic amines) is 1. The van der Waals surface area contributed by atoms with Crippen LogP contribution in [0.15, 0.2) is 36.4 Å². The number of carboxylic acids is 1. The molecule has 1 aliphatic heterocycles. The van der Waals surface area contributed by atoms with E-state index in [9.17, 15) is 27.9 Å². The zero-order valence-corrected chi connectivity index (χ0v) is 24.7. The molecule has 0 bridgehead atoms. The van der Waals surface area contributed by atoms with Crippen molar-refractivity contribution in [2.45, 2.75) is 83.7 Å². The Morgan fingerprint density at radius 2 is 1.74 bits per heavy atom. The van der Waals surface area contributed by atoms with E-state index < -0.39 is 47.2 Å². The Balaban J connectivity index is 1.85. The van der Waals surface area contributed by atoms with Gasteiger partial charge in [0.25, 0.3) is 0 Å². The number of alkyl halides is 3. The van der Waals surface area contributed by atoms with Crippen LogP contribution in [0.1, 0.15) is 75.7 Å². The number of carbonyl (C=O) groups is 2. The highest BCUT2D eigenvalue weighted by molar-refractivity contribution is 5.87. The maximum Gasteiger partial charge on any atom is 0.416 e. The van der Waals surface area contributed by atoms with Gasteiger partial charge in [-0.1, -0.05) is 46.1 Å². The van der Waals surface area contributed by atoms with E-state index in [1.807, 2.05) is 20.8 Å². The number of methoxy groups -OCH3 is 2. The van der Waals surface area contributed by atoms with E-state index in [-0.39, 0.29) is 29.7 Å². The highest BCUT2D eigenvalue weighted by Crippen LogP contribution is 2.49. The van der Waals surface area contributed by atoms with Crippen LogP contribution >= 0.6 is 0 Å². The highest BCUT2D eigenvalue weighted by atomic mass is 19.4. The van der Waals surface area contributed by atoms with Gasteiger partial charge in [0.05, 0.1) is 31.5 Å². The molecule has 0 spiro atoms. The number of benzene rings is 1. The molecule has 1 aliphatic carbocycles. The van der Waals surface area contributed by atoms with Gasteiger partial charge in [0.2, 0.25) is 11.8 Å². The van der Waals surface area contributed by atoms with Crippen LogP contribution in [0.3, 0.4) is 0 Å². The number of carbonyl (C=O) groups excluding carboxylic acids is 1. The third-order valence-electron chi connectivity index (χ3n) is 8.52. The lowest BCUT2D eigenvalue weighted by molar-refractivity contribution is -0.154. The molecule has 1 aromatic heterocycles. The van der Waals surface area contributed by atoms with Crippen LogP contribution in [0.4, 0.5) is 13.2 Å². The first-order valence-corrected chi connectivity index (χ1v) is 14.3. The molecule has 1 saturated carbocycles. The van der Waals surface area contributed by atoms with E-state index >= 15 is 0 Å². The zero-order chi connectivity index (χ0) is 30.8. The molecule has 0 unspecified atom stereocenters. The lowest BCUT2D eigenvalue weighted by atomic mass is 9.72. The van der Waals surface area contributed by atoms with Crippen molar-refractivity contribution >= 4 is 11.9 Å². The minimum atomic E-state index is -4.55. The normalized spacial score (nSPS) is 23.6. The molecule has 2 N–H and O–H groups in total. The Morgan fingerprint density at radius 3 is 2.31 bits per heavy atom. The number of ether oxygens (including phenoxy) is 2. The van der Waals surface area contributed by atoms with Gasteiger partial charge in [-0.05, 0) is 42.5 Å². The zero-order valence-electron chi connectivity index (χ0n) is 24.7. The first-order valence-electron chi connectivity index (χ1n) is 14.3. The topological polar surface area (TPSA) is 101 Å². The van der Waals surface area contributed by atoms with Gasteiger partial charge in [0.15, 0.2) is 0 Å². The van der Waals surface area contributed by atoms with Crippen molar-refractivity contribution in [2.24, 2.45) is 17.3 Å². The second-order valence-corrected chi connectivity index (χ2v) is 12.2. The largest absolute Gasteiger partial charge is 0.496 e. The molecule has 11 heteroatoms. The Hall–Kier alpha value is -3.34. The van der Waals surface area contributed by atoms with E-state index in [0.29, 0.717) is 24.4 Å². The summed E-state index contributed by atoms with van der Waals surface area (Å²) in [6.45, 7) is 5.69. The fourth-order valence-corrected chi connectivity index (χ4v) is 6.63. The molecule has 4 rings (SSSR count). The molecule has 0 radical (unpaired) electrons. The third-order valence-corrected chi connectivity index (χ3v) is 8.52. The summed E-state index contributed by atoms with van der Waals surface area (Å²) >= 11 is 0. The molecular formula is C31H40F3N3O5. The second-order valence-electron chi connectivity index (χ2n) is 12.2. The number of hydrogen-bond donors (Lipinski definition) is 2. The van der Waals surface area contributed by atoms with Crippen molar-refractivity contribution < 1.29 is 37.3 Å². The summed E-state index contributed by atoms with van der Waals surface area (Å²) < 4.78 is 51.5. The fraction of sp³-hybridized carbons (Fsp3) is 0.581. The molecule has 230 valence electrons. The van der Waals surface area contributed by atoms with Crippen molar-refractivity contribution in [3.05, 3.63) is 53.2 Å². The summed E-state index contributed by atoms with van der Waals surface area (Å²) in [5.74, 6) is -1.71. The van der Waals surface area contributed by atoms with Crippen LogP contribution in [0.5, 0.6) is 11.6 Å². The molecule has 8 nitrogen and oxygen atoms in total. The van der Waals surface area contributed by atoms with Gasteiger partial charge >= 0.3 is 12.1 Å². The van der Waals surface area contributed by atoms with Crippen LogP contribution < -0.4 is 14.8 Å². The van der Waals surface area contributed by atoms with Crippen LogP contribution in [0.25, 0.3) is 0 Å². The molecule has 4 atom stereocenters. The molecule has 42 heavy (non-hydrogen) atoms. The smallest absolute Gasteiger partial charge is 0.416 e. The van der Waals surface area contributed by atoms with E-state index in [2.05, 4.69) is 10.3 Å². The predicted molar refractivity (Wildman–Crippen MR) is 150 cm³/mol. The molecule has 2 fully saturated rings. The average Bonchev–Trinajstić information content (AvgIpc) is 3.31. The van der Waals surface area contributed by atoms with E-state index in [1.165, 1.54) is 25.2 Å². The van der Waals surface area contributed by atoms with Gasteiger partial charge in [-0.2, -0.15) is 13.2 Å². The second kappa shape index (κ2) is 12.5. The van der Waals surface area contributed by atoms with Gasteiger partial charge in [-0.25, -0.2) is 9.78 Å². The first-order chi connectivity index (χ1) is 19.8. The van der Waals surface area contributed by atoms with Crippen LogP contribution in [0.2, 0.25) is 0 Å². The number of halogens is 3. The van der Waals surface area contributed by atoms with Crippen molar-refractivity contribution in [3.63, 3.8) is 0 Å². The number of hydrogen-bond acceptors (Lipinski definition) is 6. The number of rotatable bonds is 8. The maximum atomic E-state index is 14.2. The molecule has 1 saturated heterocycles. The quantitative estimate of drug-likeness (QED) is 0.397. The summed E-state index contributed by atoms with van der Waals surface area (Å²) in [4.78, 5) is 33.4. The molecule has 2 aliphatic rings. The van der Waals surface area contributed by atoms with Gasteiger partial charge in [-0.3, -0.25) is 4.79 Å². The Bertz CT molecular complexity index is 1270. The maximum absolute atomic E-state index is 14.2. The number of nitrogens with zero attached hydrogens (tertiary/aromatic N) is 2. The molecular weight excluding hydrogens is 551 g/mol. The fourth-order valence-electron chi connectivity index (χ4n) is 6.63. The molecule has 2 heterocycles. The van der Waals surface area contributed by atoms with Crippen molar-refractivity contribution in [2.75, 3.05) is 14.2 Å². The van der Waals surface area contributed by atoms with Crippen LogP contribution in [0, 0.1) is 17.3 Å². The number of carboxylic acid groups (broad SMARTS) is 1. The Morgan fingerprint density at radius 1 is 1.05 bits per heavy atom. The number of nitrogens with one attached hydrogen (secondary N) is 1. The lowest BCUT2D eigenvalue weighted by Gasteiger charge is -2.36. The van der Waals surface area contributed by atoms with E-state index in [0.717, 1.165) is 31.4 Å². The summed E-state index contributed by atoms with van der Waals surface area (Å²) in [7, 11) is 2.85. The summed E-state index contributed by atoms with van der Waals surface area (Å²) in [5, 5.41) is 14.0. The summed E-state index contributed by atoms with van der Waals surface area (Å²) in [5.41, 5.74) is -0.717. The Kier molecular flexibility index (Phi) is 9.39. The van der Waals surface area contributed by atoms with Crippen molar-refractivity contribution in [3.8, 4) is 11.6 Å². The molecule has 1 aromatic carbocycles. The predicted octanol–water partition coefficient (Wildman–Crippen LogP) is 5.86. The molecule has 1 amide bonds. The number of aromatic nitrogens is 1. The van der Waals surface area contributed by atoms with Gasteiger partial charge in [0, 0.05) is 36.1 Å². The number of pyridine rings is 1. The van der Waals surface area contributed by atoms with Gasteiger partial charge in [0.1, 0.15) is 11.8 Å². The summed E-state index contributed by atoms with van der Waals surface area (Å²) in [6.07, 6.45) is -0.375. The van der Waals surface area contributed by atoms with Gasteiger partial charge < -0.3 is 24.8 Å². The number of aliphatic carboxylic acids is 1. The molecule has 2 aromatic rings. The standard InChI is InChI=1S/C31H40F3N3O5/c1-30(2,3)24-25(35-17-19-16-20(31(32,33)34)14-15-22(19)41-4)26(21-12-9-13-23(36-21)42-5)37(27(24)29(39)40)28(38)18-10-7-6-8-11-18/h9,12-16,18,24-27,35H,6-8,10-11,17H2,1-5H3,(H,39,40)/t24-,25-,26-,27-/m1/s1. The lowest BCUT2D eigenvalue weighted by Crippen LogP contribution is -2.49. The monoisotopic (exact) mass is 591 g/mol. The Labute approximate surface area is 244 Å². The highest BCUT2D eigenvalue weighted by Gasteiger charge is 2.59. The van der Waals surface area contributed by atoms with Crippen molar-refractivity contribution in [1.29, 1.82) is 0 Å². The van der Waals surface area contributed by atoms with E-state index in [1.54, 1.807) is 18.2 Å². The van der Waals surface area contributed by atoms with Crippen LogP contribution in [-0.4, -0.2) is 53.2 Å². The first kappa shape index (κ1) is 31.6.